The van der Waals surface area contributed by atoms with Crippen molar-refractivity contribution in [2.75, 3.05) is 51.7 Å². The van der Waals surface area contributed by atoms with Gasteiger partial charge in [-0.2, -0.15) is 18.4 Å². The second-order valence-corrected chi connectivity index (χ2v) is 10.2. The Hall–Kier alpha value is -4.37. The number of carbonyl (C=O) groups excluding carboxylic acids is 3. The van der Waals surface area contributed by atoms with Crippen LogP contribution in [0.25, 0.3) is 0 Å². The molecule has 0 aliphatic carbocycles. The van der Waals surface area contributed by atoms with Crippen LogP contribution in [-0.4, -0.2) is 79.4 Å². The molecule has 0 spiro atoms. The molecule has 1 N–H and O–H groups in total. The first-order chi connectivity index (χ1) is 19.5. The molecule has 2 aliphatic heterocycles. The molecule has 2 aromatic carbocycles. The summed E-state index contributed by atoms with van der Waals surface area (Å²) in [7, 11) is 3.69. The summed E-state index contributed by atoms with van der Waals surface area (Å²) in [6.45, 7) is 2.72. The topological polar surface area (TPSA) is 100.0 Å². The van der Waals surface area contributed by atoms with Gasteiger partial charge in [0.25, 0.3) is 5.91 Å². The second kappa shape index (κ2) is 12.0. The van der Waals surface area contributed by atoms with Gasteiger partial charge in [0.1, 0.15) is 6.54 Å². The van der Waals surface area contributed by atoms with E-state index >= 15 is 0 Å². The molecular weight excluding hydrogens is 537 g/mol. The summed E-state index contributed by atoms with van der Waals surface area (Å²) in [5, 5.41) is 12.0. The van der Waals surface area contributed by atoms with Gasteiger partial charge in [-0.3, -0.25) is 14.5 Å². The zero-order valence-electron chi connectivity index (χ0n) is 23.0. The van der Waals surface area contributed by atoms with Gasteiger partial charge < -0.3 is 20.0 Å². The van der Waals surface area contributed by atoms with Crippen molar-refractivity contribution in [1.29, 1.82) is 5.26 Å². The molecular formula is C29H31F3N6O3. The number of urea groups is 1. The Balaban J connectivity index is 1.86. The van der Waals surface area contributed by atoms with Gasteiger partial charge in [-0.15, -0.1) is 0 Å². The van der Waals surface area contributed by atoms with E-state index in [1.54, 1.807) is 29.2 Å². The lowest BCUT2D eigenvalue weighted by molar-refractivity contribution is -0.137. The summed E-state index contributed by atoms with van der Waals surface area (Å²) < 4.78 is 40.9. The Bertz CT molecular complexity index is 1400. The van der Waals surface area contributed by atoms with Crippen molar-refractivity contribution in [2.24, 2.45) is 0 Å². The third-order valence-corrected chi connectivity index (χ3v) is 6.94. The lowest BCUT2D eigenvalue weighted by atomic mass is 9.92. The van der Waals surface area contributed by atoms with E-state index in [9.17, 15) is 32.8 Å². The molecule has 0 unspecified atom stereocenters. The monoisotopic (exact) mass is 568 g/mol. The summed E-state index contributed by atoms with van der Waals surface area (Å²) in [5.41, 5.74) is 0.352. The summed E-state index contributed by atoms with van der Waals surface area (Å²) >= 11 is 0. The zero-order chi connectivity index (χ0) is 29.9. The smallest absolute Gasteiger partial charge is 0.353 e. The number of alkyl halides is 3. The van der Waals surface area contributed by atoms with Crippen molar-refractivity contribution in [1.82, 2.24) is 20.0 Å². The molecule has 1 atom stereocenters. The van der Waals surface area contributed by atoms with E-state index in [1.807, 2.05) is 32.0 Å². The number of carbonyl (C=O) groups is 3. The maximum Gasteiger partial charge on any atom is 0.416 e. The lowest BCUT2D eigenvalue weighted by Gasteiger charge is -2.41. The molecule has 0 aromatic heterocycles. The Morgan fingerprint density at radius 3 is 2.46 bits per heavy atom. The van der Waals surface area contributed by atoms with E-state index in [0.717, 1.165) is 17.0 Å². The first kappa shape index (κ1) is 29.6. The molecule has 0 fully saturated rings. The molecule has 2 aliphatic rings. The molecule has 9 nitrogen and oxygen atoms in total. The predicted octanol–water partition coefficient (Wildman–Crippen LogP) is 3.74. The normalized spacial score (nSPS) is 17.3. The van der Waals surface area contributed by atoms with Gasteiger partial charge in [0.15, 0.2) is 0 Å². The highest BCUT2D eigenvalue weighted by atomic mass is 19.4. The number of nitrogens with one attached hydrogen (secondary N) is 1. The van der Waals surface area contributed by atoms with Crippen LogP contribution < -0.4 is 10.2 Å². The van der Waals surface area contributed by atoms with Gasteiger partial charge in [0.05, 0.1) is 46.7 Å². The number of likely N-dealkylation sites (N-methyl/N-ethyl adjacent to an activating group) is 1. The van der Waals surface area contributed by atoms with Crippen LogP contribution in [0.4, 0.5) is 23.7 Å². The molecule has 0 saturated carbocycles. The van der Waals surface area contributed by atoms with Crippen LogP contribution in [0.15, 0.2) is 59.8 Å². The molecule has 2 aromatic rings. The van der Waals surface area contributed by atoms with Crippen molar-refractivity contribution < 1.29 is 27.6 Å². The van der Waals surface area contributed by atoms with E-state index in [4.69, 9.17) is 0 Å². The SMILES string of the molecule is CCCN1CC2=C(C1=O)[C@@H](c1ccc(C#N)cc1)N(CC(=O)NCCN(C)C)C(=O)N2c1cccc(C(F)(F)F)c1. The zero-order valence-corrected chi connectivity index (χ0v) is 23.0. The second-order valence-electron chi connectivity index (χ2n) is 10.2. The van der Waals surface area contributed by atoms with Gasteiger partial charge >= 0.3 is 12.2 Å². The molecule has 2 heterocycles. The van der Waals surface area contributed by atoms with Crippen molar-refractivity contribution >= 4 is 23.5 Å². The standard InChI is InChI=1S/C29H31F3N6O3/c1-4-13-36-17-23-25(27(36)40)26(20-10-8-19(16-33)9-11-20)37(18-24(39)34-12-14-35(2)3)28(41)38(23)22-7-5-6-21(15-22)29(30,31)32/h5-11,15,26H,4,12-14,17-18H2,1-3H3,(H,34,39)/t26-/m1/s1. The quantitative estimate of drug-likeness (QED) is 0.497. The third-order valence-electron chi connectivity index (χ3n) is 6.94. The molecule has 0 radical (unpaired) electrons. The average Bonchev–Trinajstić information content (AvgIpc) is 3.24. The van der Waals surface area contributed by atoms with Crippen LogP contribution in [-0.2, 0) is 15.8 Å². The summed E-state index contributed by atoms with van der Waals surface area (Å²) in [6, 6.07) is 11.0. The highest BCUT2D eigenvalue weighted by Gasteiger charge is 2.49. The van der Waals surface area contributed by atoms with E-state index in [2.05, 4.69) is 5.32 Å². The number of benzene rings is 2. The Morgan fingerprint density at radius 1 is 1.15 bits per heavy atom. The fourth-order valence-corrected chi connectivity index (χ4v) is 5.02. The largest absolute Gasteiger partial charge is 0.416 e. The molecule has 0 saturated heterocycles. The Kier molecular flexibility index (Phi) is 8.68. The highest BCUT2D eigenvalue weighted by Crippen LogP contribution is 2.44. The molecule has 12 heteroatoms. The van der Waals surface area contributed by atoms with Crippen LogP contribution >= 0.6 is 0 Å². The number of rotatable bonds is 9. The van der Waals surface area contributed by atoms with Gasteiger partial charge in [-0.05, 0) is 56.4 Å². The molecule has 216 valence electrons. The van der Waals surface area contributed by atoms with Crippen molar-refractivity contribution in [3.63, 3.8) is 0 Å². The minimum absolute atomic E-state index is 0.0274. The number of anilines is 1. The van der Waals surface area contributed by atoms with Crippen LogP contribution in [0, 0.1) is 11.3 Å². The van der Waals surface area contributed by atoms with Gasteiger partial charge in [0.2, 0.25) is 5.91 Å². The maximum atomic E-state index is 14.2. The first-order valence-electron chi connectivity index (χ1n) is 13.2. The summed E-state index contributed by atoms with van der Waals surface area (Å²) in [4.78, 5) is 46.8. The first-order valence-corrected chi connectivity index (χ1v) is 13.2. The van der Waals surface area contributed by atoms with E-state index < -0.39 is 36.3 Å². The summed E-state index contributed by atoms with van der Waals surface area (Å²) in [5.74, 6) is -0.846. The van der Waals surface area contributed by atoms with E-state index in [1.165, 1.54) is 17.0 Å². The molecule has 0 bridgehead atoms. The van der Waals surface area contributed by atoms with Crippen LogP contribution in [0.5, 0.6) is 0 Å². The molecule has 41 heavy (non-hydrogen) atoms. The molecule has 4 amide bonds. The van der Waals surface area contributed by atoms with Crippen LogP contribution in [0.3, 0.4) is 0 Å². The van der Waals surface area contributed by atoms with E-state index in [0.29, 0.717) is 37.2 Å². The van der Waals surface area contributed by atoms with Crippen LogP contribution in [0.1, 0.15) is 36.1 Å². The fourth-order valence-electron chi connectivity index (χ4n) is 5.02. The van der Waals surface area contributed by atoms with Crippen molar-refractivity contribution in [3.8, 4) is 6.07 Å². The Morgan fingerprint density at radius 2 is 1.85 bits per heavy atom. The van der Waals surface area contributed by atoms with Crippen molar-refractivity contribution in [2.45, 2.75) is 25.6 Å². The van der Waals surface area contributed by atoms with Gasteiger partial charge in [-0.25, -0.2) is 4.79 Å². The minimum atomic E-state index is -4.65. The average molecular weight is 569 g/mol. The highest BCUT2D eigenvalue weighted by molar-refractivity contribution is 6.08. The summed E-state index contributed by atoms with van der Waals surface area (Å²) in [6.07, 6.45) is -4.02. The number of hydrogen-bond acceptors (Lipinski definition) is 5. The molecule has 4 rings (SSSR count). The number of amides is 4. The number of halogens is 3. The third kappa shape index (κ3) is 6.20. The van der Waals surface area contributed by atoms with Gasteiger partial charge in [-0.1, -0.05) is 25.1 Å². The fraction of sp³-hybridized carbons (Fsp3) is 0.379. The van der Waals surface area contributed by atoms with Crippen molar-refractivity contribution in [3.05, 3.63) is 76.5 Å². The predicted molar refractivity (Wildman–Crippen MR) is 145 cm³/mol. The number of nitriles is 1. The van der Waals surface area contributed by atoms with Gasteiger partial charge in [0, 0.05) is 19.6 Å². The number of hydrogen-bond donors (Lipinski definition) is 1. The lowest BCUT2D eigenvalue weighted by Crippen LogP contribution is -2.53. The maximum absolute atomic E-state index is 14.2. The van der Waals surface area contributed by atoms with Crippen LogP contribution in [0.2, 0.25) is 0 Å². The Labute approximate surface area is 236 Å². The van der Waals surface area contributed by atoms with E-state index in [-0.39, 0.29) is 29.4 Å². The number of nitrogens with zero attached hydrogens (tertiary/aromatic N) is 5. The minimum Gasteiger partial charge on any atom is -0.353 e.